The lowest BCUT2D eigenvalue weighted by atomic mass is 9.87. The molecule has 0 bridgehead atoms. The molecule has 0 radical (unpaired) electrons. The van der Waals surface area contributed by atoms with E-state index in [9.17, 15) is 18.8 Å². The first kappa shape index (κ1) is 19.9. The number of hydrogen-bond donors (Lipinski definition) is 0. The summed E-state index contributed by atoms with van der Waals surface area (Å²) in [5, 5.41) is 0. The van der Waals surface area contributed by atoms with Gasteiger partial charge in [0.15, 0.2) is 0 Å². The van der Waals surface area contributed by atoms with Crippen molar-refractivity contribution < 1.29 is 23.5 Å². The summed E-state index contributed by atoms with van der Waals surface area (Å²) in [6.07, 6.45) is 0.204. The van der Waals surface area contributed by atoms with Gasteiger partial charge in [0.2, 0.25) is 17.5 Å². The van der Waals surface area contributed by atoms with Crippen molar-refractivity contribution >= 4 is 29.2 Å². The van der Waals surface area contributed by atoms with E-state index in [-0.39, 0.29) is 18.1 Å². The van der Waals surface area contributed by atoms with Crippen LogP contribution in [0, 0.1) is 17.7 Å². The zero-order valence-corrected chi connectivity index (χ0v) is 16.7. The minimum atomic E-state index is -1.69. The van der Waals surface area contributed by atoms with Crippen LogP contribution >= 0.6 is 0 Å². The van der Waals surface area contributed by atoms with Gasteiger partial charge < -0.3 is 4.74 Å². The summed E-state index contributed by atoms with van der Waals surface area (Å²) in [7, 11) is 0. The van der Waals surface area contributed by atoms with E-state index < -0.39 is 35.2 Å². The molecule has 6 nitrogen and oxygen atoms in total. The minimum Gasteiger partial charge on any atom is -0.427 e. The van der Waals surface area contributed by atoms with E-state index in [1.165, 1.54) is 24.3 Å². The first-order valence-electron chi connectivity index (χ1n) is 9.82. The molecule has 2 aromatic carbocycles. The summed E-state index contributed by atoms with van der Waals surface area (Å²) < 4.78 is 19.3. The van der Waals surface area contributed by atoms with Gasteiger partial charge in [-0.25, -0.2) is 14.2 Å². The average molecular weight is 408 g/mol. The molecular weight excluding hydrogens is 387 g/mol. The lowest BCUT2D eigenvalue weighted by Gasteiger charge is -2.30. The molecule has 2 atom stereocenters. The lowest BCUT2D eigenvalue weighted by molar-refractivity contribution is -0.156. The topological polar surface area (TPSA) is 76.0 Å². The third-order valence-electron chi connectivity index (χ3n) is 5.28. The third-order valence-corrected chi connectivity index (χ3v) is 5.28. The second-order valence-corrected chi connectivity index (χ2v) is 7.91. The molecule has 2 heterocycles. The van der Waals surface area contributed by atoms with E-state index in [2.05, 4.69) is 4.99 Å². The SMILES string of the molecule is CC(C)CC1=N[C@](c2ccc(F)cc2)([C@H]2CC(=O)N(c3ccccc3)C2=O)OC1=O. The number of halogens is 1. The number of carbonyl (C=O) groups is 3. The molecule has 2 aromatic rings. The number of carbonyl (C=O) groups excluding carboxylic acids is 3. The monoisotopic (exact) mass is 408 g/mol. The second-order valence-electron chi connectivity index (χ2n) is 7.91. The Morgan fingerprint density at radius 1 is 1.10 bits per heavy atom. The second kappa shape index (κ2) is 7.48. The number of ether oxygens (including phenoxy) is 1. The molecule has 0 spiro atoms. The van der Waals surface area contributed by atoms with E-state index >= 15 is 0 Å². The molecule has 30 heavy (non-hydrogen) atoms. The predicted octanol–water partition coefficient (Wildman–Crippen LogP) is 3.60. The number of esters is 1. The zero-order valence-electron chi connectivity index (χ0n) is 16.7. The molecule has 2 aliphatic rings. The van der Waals surface area contributed by atoms with E-state index in [4.69, 9.17) is 4.74 Å². The first-order valence-corrected chi connectivity index (χ1v) is 9.82. The number of anilines is 1. The molecule has 4 rings (SSSR count). The maximum atomic E-state index is 13.6. The van der Waals surface area contributed by atoms with Crippen LogP contribution in [0.3, 0.4) is 0 Å². The Morgan fingerprint density at radius 2 is 1.77 bits per heavy atom. The molecule has 0 saturated carbocycles. The number of benzene rings is 2. The predicted molar refractivity (Wildman–Crippen MR) is 108 cm³/mol. The largest absolute Gasteiger partial charge is 0.427 e. The van der Waals surface area contributed by atoms with Crippen LogP contribution in [0.15, 0.2) is 59.6 Å². The van der Waals surface area contributed by atoms with E-state index in [1.54, 1.807) is 30.3 Å². The molecule has 0 aliphatic carbocycles. The zero-order chi connectivity index (χ0) is 21.5. The van der Waals surface area contributed by atoms with Gasteiger partial charge in [0.05, 0.1) is 5.69 Å². The van der Waals surface area contributed by atoms with Gasteiger partial charge in [-0.15, -0.1) is 0 Å². The molecule has 1 fully saturated rings. The van der Waals surface area contributed by atoms with Crippen LogP contribution in [-0.4, -0.2) is 23.5 Å². The maximum absolute atomic E-state index is 13.6. The highest BCUT2D eigenvalue weighted by molar-refractivity contribution is 6.38. The Balaban J connectivity index is 1.81. The van der Waals surface area contributed by atoms with Crippen LogP contribution in [-0.2, 0) is 24.8 Å². The van der Waals surface area contributed by atoms with Crippen LogP contribution in [0.25, 0.3) is 0 Å². The molecule has 0 aromatic heterocycles. The number of rotatable bonds is 5. The Morgan fingerprint density at radius 3 is 2.40 bits per heavy atom. The fraction of sp³-hybridized carbons (Fsp3) is 0.304. The van der Waals surface area contributed by atoms with Crippen LogP contribution in [0.2, 0.25) is 0 Å². The van der Waals surface area contributed by atoms with Gasteiger partial charge in [0, 0.05) is 12.0 Å². The van der Waals surface area contributed by atoms with Gasteiger partial charge in [-0.1, -0.05) is 44.2 Å². The molecule has 154 valence electrons. The highest BCUT2D eigenvalue weighted by Gasteiger charge is 2.58. The average Bonchev–Trinajstić information content (AvgIpc) is 3.19. The summed E-state index contributed by atoms with van der Waals surface area (Å²) in [6, 6.07) is 13.9. The van der Waals surface area contributed by atoms with Crippen molar-refractivity contribution in [2.24, 2.45) is 16.8 Å². The van der Waals surface area contributed by atoms with E-state index in [1.807, 2.05) is 13.8 Å². The summed E-state index contributed by atoms with van der Waals surface area (Å²) in [4.78, 5) is 44.4. The summed E-state index contributed by atoms with van der Waals surface area (Å²) in [5.41, 5.74) is -0.671. The summed E-state index contributed by atoms with van der Waals surface area (Å²) in [5.74, 6) is -2.89. The van der Waals surface area contributed by atoms with Gasteiger partial charge in [-0.05, 0) is 36.6 Å². The van der Waals surface area contributed by atoms with Crippen LogP contribution in [0.1, 0.15) is 32.3 Å². The quantitative estimate of drug-likeness (QED) is 0.560. The number of hydrogen-bond acceptors (Lipinski definition) is 5. The molecule has 0 unspecified atom stereocenters. The molecule has 2 amide bonds. The molecule has 0 N–H and O–H groups in total. The van der Waals surface area contributed by atoms with Gasteiger partial charge >= 0.3 is 5.97 Å². The van der Waals surface area contributed by atoms with Crippen molar-refractivity contribution in [3.8, 4) is 0 Å². The molecule has 7 heteroatoms. The number of amides is 2. The smallest absolute Gasteiger partial charge is 0.354 e. The number of para-hydroxylation sites is 1. The highest BCUT2D eigenvalue weighted by Crippen LogP contribution is 2.46. The van der Waals surface area contributed by atoms with Crippen molar-refractivity contribution in [1.82, 2.24) is 0 Å². The van der Waals surface area contributed by atoms with Crippen molar-refractivity contribution in [3.63, 3.8) is 0 Å². The van der Waals surface area contributed by atoms with Gasteiger partial charge in [-0.2, -0.15) is 0 Å². The van der Waals surface area contributed by atoms with E-state index in [0.717, 1.165) is 4.90 Å². The van der Waals surface area contributed by atoms with Crippen LogP contribution in [0.4, 0.5) is 10.1 Å². The Kier molecular flexibility index (Phi) is 4.97. The molecule has 1 saturated heterocycles. The Bertz CT molecular complexity index is 1030. The maximum Gasteiger partial charge on any atom is 0.354 e. The highest BCUT2D eigenvalue weighted by atomic mass is 19.1. The minimum absolute atomic E-state index is 0.141. The third kappa shape index (κ3) is 3.30. The summed E-state index contributed by atoms with van der Waals surface area (Å²) in [6.45, 7) is 3.88. The van der Waals surface area contributed by atoms with Crippen molar-refractivity contribution in [1.29, 1.82) is 0 Å². The molecule has 2 aliphatic heterocycles. The van der Waals surface area contributed by atoms with Crippen molar-refractivity contribution in [2.45, 2.75) is 32.4 Å². The lowest BCUT2D eigenvalue weighted by Crippen LogP contribution is -2.40. The molecular formula is C23H21FN2O4. The number of aliphatic imine (C=N–C) groups is 1. The standard InChI is InChI=1S/C23H21FN2O4/c1-14(2)12-19-22(29)30-23(25-19,15-8-10-16(24)11-9-15)18-13-20(27)26(21(18)28)17-6-4-3-5-7-17/h3-11,14,18H,12-13H2,1-2H3/t18-,23-/m0/s1. The van der Waals surface area contributed by atoms with Crippen molar-refractivity contribution in [3.05, 3.63) is 66.0 Å². The van der Waals surface area contributed by atoms with Gasteiger partial charge in [0.1, 0.15) is 17.4 Å². The van der Waals surface area contributed by atoms with E-state index in [0.29, 0.717) is 17.7 Å². The van der Waals surface area contributed by atoms with Crippen LogP contribution < -0.4 is 4.90 Å². The Hall–Kier alpha value is -3.35. The number of imide groups is 1. The van der Waals surface area contributed by atoms with Crippen LogP contribution in [0.5, 0.6) is 0 Å². The van der Waals surface area contributed by atoms with Crippen molar-refractivity contribution in [2.75, 3.05) is 4.90 Å². The van der Waals surface area contributed by atoms with Gasteiger partial charge in [-0.3, -0.25) is 14.5 Å². The number of nitrogens with zero attached hydrogens (tertiary/aromatic N) is 2. The number of cyclic esters (lactones) is 1. The normalized spacial score (nSPS) is 23.9. The summed E-state index contributed by atoms with van der Waals surface area (Å²) >= 11 is 0. The first-order chi connectivity index (χ1) is 14.3. The fourth-order valence-electron chi connectivity index (χ4n) is 3.93. The van der Waals surface area contributed by atoms with Gasteiger partial charge in [0.25, 0.3) is 0 Å². The fourth-order valence-corrected chi connectivity index (χ4v) is 3.93. The Labute approximate surface area is 173 Å².